The summed E-state index contributed by atoms with van der Waals surface area (Å²) >= 11 is 0. The van der Waals surface area contributed by atoms with Gasteiger partial charge in [-0.1, -0.05) is 36.4 Å². The van der Waals surface area contributed by atoms with Crippen molar-refractivity contribution in [2.75, 3.05) is 13.1 Å². The maximum atomic E-state index is 13.1. The molecule has 0 bridgehead atoms. The van der Waals surface area contributed by atoms with Crippen LogP contribution in [-0.2, 0) is 11.3 Å². The highest BCUT2D eigenvalue weighted by atomic mass is 19.1. The molecule has 3 aromatic rings. The zero-order chi connectivity index (χ0) is 21.1. The van der Waals surface area contributed by atoms with Gasteiger partial charge in [0.05, 0.1) is 12.2 Å². The highest BCUT2D eigenvalue weighted by Crippen LogP contribution is 2.35. The molecule has 1 saturated heterocycles. The summed E-state index contributed by atoms with van der Waals surface area (Å²) in [4.78, 5) is 27.6. The quantitative estimate of drug-likeness (QED) is 0.699. The smallest absolute Gasteiger partial charge is 0.289 e. The molecule has 5 nitrogen and oxygen atoms in total. The Morgan fingerprint density at radius 2 is 1.83 bits per heavy atom. The van der Waals surface area contributed by atoms with E-state index in [0.717, 1.165) is 16.7 Å². The van der Waals surface area contributed by atoms with Gasteiger partial charge in [-0.2, -0.15) is 0 Å². The Hall–Kier alpha value is -3.41. The molecule has 2 heterocycles. The summed E-state index contributed by atoms with van der Waals surface area (Å²) in [5.41, 5.74) is 2.97. The molecule has 30 heavy (non-hydrogen) atoms. The maximum Gasteiger partial charge on any atom is 0.289 e. The summed E-state index contributed by atoms with van der Waals surface area (Å²) in [7, 11) is 0. The minimum absolute atomic E-state index is 0.113. The second-order valence-corrected chi connectivity index (χ2v) is 7.60. The second kappa shape index (κ2) is 8.53. The lowest BCUT2D eigenvalue weighted by Crippen LogP contribution is -2.35. The number of carbonyl (C=O) groups excluding carboxylic acids is 2. The van der Waals surface area contributed by atoms with E-state index in [1.165, 1.54) is 18.4 Å². The van der Waals surface area contributed by atoms with Gasteiger partial charge in [-0.05, 0) is 47.9 Å². The van der Waals surface area contributed by atoms with Crippen LogP contribution in [0, 0.1) is 18.7 Å². The van der Waals surface area contributed by atoms with Crippen molar-refractivity contribution in [2.24, 2.45) is 5.92 Å². The predicted molar refractivity (Wildman–Crippen MR) is 110 cm³/mol. The van der Waals surface area contributed by atoms with E-state index in [1.54, 1.807) is 29.2 Å². The summed E-state index contributed by atoms with van der Waals surface area (Å²) < 4.78 is 18.4. The fourth-order valence-electron chi connectivity index (χ4n) is 4.03. The van der Waals surface area contributed by atoms with Gasteiger partial charge in [0, 0.05) is 25.6 Å². The zero-order valence-corrected chi connectivity index (χ0v) is 16.7. The number of benzene rings is 2. The number of hydrogen-bond acceptors (Lipinski definition) is 3. The summed E-state index contributed by atoms with van der Waals surface area (Å²) in [6.45, 7) is 3.08. The average molecular weight is 406 g/mol. The third kappa shape index (κ3) is 4.13. The van der Waals surface area contributed by atoms with Crippen LogP contribution in [0.2, 0.25) is 0 Å². The van der Waals surface area contributed by atoms with Crippen molar-refractivity contribution < 1.29 is 18.4 Å². The molecular formula is C24H23FN2O3. The Bertz CT molecular complexity index is 1030. The summed E-state index contributed by atoms with van der Waals surface area (Å²) in [6, 6.07) is 17.3. The second-order valence-electron chi connectivity index (χ2n) is 7.60. The van der Waals surface area contributed by atoms with Crippen molar-refractivity contribution in [1.82, 2.24) is 10.2 Å². The number of aryl methyl sites for hydroxylation is 1. The number of amides is 2. The molecule has 6 heteroatoms. The van der Waals surface area contributed by atoms with E-state index in [1.807, 2.05) is 31.2 Å². The number of halogens is 1. The molecule has 1 aliphatic rings. The van der Waals surface area contributed by atoms with Gasteiger partial charge in [-0.3, -0.25) is 9.59 Å². The third-order valence-corrected chi connectivity index (χ3v) is 5.64. The van der Waals surface area contributed by atoms with Gasteiger partial charge in [0.2, 0.25) is 5.91 Å². The Kier molecular flexibility index (Phi) is 5.65. The van der Waals surface area contributed by atoms with E-state index in [0.29, 0.717) is 19.6 Å². The van der Waals surface area contributed by atoms with Crippen LogP contribution in [0.5, 0.6) is 0 Å². The summed E-state index contributed by atoms with van der Waals surface area (Å²) in [6.07, 6.45) is 1.47. The lowest BCUT2D eigenvalue weighted by atomic mass is 9.86. The fraction of sp³-hybridized carbons (Fsp3) is 0.250. The van der Waals surface area contributed by atoms with Crippen LogP contribution in [0.3, 0.4) is 0 Å². The normalized spacial score (nSPS) is 18.4. The Morgan fingerprint density at radius 3 is 2.53 bits per heavy atom. The number of nitrogens with one attached hydrogen (secondary N) is 1. The number of likely N-dealkylation sites (tertiary alicyclic amines) is 1. The predicted octanol–water partition coefficient (Wildman–Crippen LogP) is 3.90. The van der Waals surface area contributed by atoms with Crippen LogP contribution in [0.25, 0.3) is 0 Å². The van der Waals surface area contributed by atoms with Crippen molar-refractivity contribution in [3.8, 4) is 0 Å². The minimum Gasteiger partial charge on any atom is -0.459 e. The molecule has 4 rings (SSSR count). The van der Waals surface area contributed by atoms with E-state index in [4.69, 9.17) is 4.42 Å². The molecular weight excluding hydrogens is 383 g/mol. The standard InChI is InChI=1S/C24H23FN2O3/c1-16-5-2-3-6-19(16)20-14-27(24(29)22-7-4-12-30-22)15-21(20)23(28)26-13-17-8-10-18(25)11-9-17/h2-12,20-21H,13-15H2,1H3,(H,26,28)/t20-,21-/m1/s1. The first-order valence-corrected chi connectivity index (χ1v) is 9.93. The lowest BCUT2D eigenvalue weighted by Gasteiger charge is -2.20. The van der Waals surface area contributed by atoms with E-state index < -0.39 is 0 Å². The van der Waals surface area contributed by atoms with Crippen LogP contribution in [0.4, 0.5) is 4.39 Å². The molecule has 2 aromatic carbocycles. The molecule has 1 aliphatic heterocycles. The lowest BCUT2D eigenvalue weighted by molar-refractivity contribution is -0.125. The highest BCUT2D eigenvalue weighted by molar-refractivity contribution is 5.92. The molecule has 1 N–H and O–H groups in total. The molecule has 0 unspecified atom stereocenters. The first kappa shape index (κ1) is 19.9. The van der Waals surface area contributed by atoms with Gasteiger partial charge in [-0.15, -0.1) is 0 Å². The highest BCUT2D eigenvalue weighted by Gasteiger charge is 2.41. The van der Waals surface area contributed by atoms with Crippen molar-refractivity contribution in [1.29, 1.82) is 0 Å². The molecule has 1 aromatic heterocycles. The minimum atomic E-state index is -0.384. The van der Waals surface area contributed by atoms with Crippen molar-refractivity contribution in [3.05, 3.63) is 95.2 Å². The topological polar surface area (TPSA) is 62.6 Å². The molecule has 2 amide bonds. The molecule has 0 aliphatic carbocycles. The summed E-state index contributed by atoms with van der Waals surface area (Å²) in [5.74, 6) is -0.878. The number of carbonyl (C=O) groups is 2. The van der Waals surface area contributed by atoms with Crippen LogP contribution < -0.4 is 5.32 Å². The zero-order valence-electron chi connectivity index (χ0n) is 16.7. The average Bonchev–Trinajstić information content (AvgIpc) is 3.43. The number of nitrogens with zero attached hydrogens (tertiary/aromatic N) is 1. The first-order valence-electron chi connectivity index (χ1n) is 9.93. The maximum absolute atomic E-state index is 13.1. The Balaban J connectivity index is 1.54. The van der Waals surface area contributed by atoms with Gasteiger partial charge in [0.1, 0.15) is 5.82 Å². The fourth-order valence-corrected chi connectivity index (χ4v) is 4.03. The van der Waals surface area contributed by atoms with Gasteiger partial charge in [0.15, 0.2) is 5.76 Å². The van der Waals surface area contributed by atoms with Crippen LogP contribution >= 0.6 is 0 Å². The third-order valence-electron chi connectivity index (χ3n) is 5.64. The van der Waals surface area contributed by atoms with Crippen LogP contribution in [-0.4, -0.2) is 29.8 Å². The van der Waals surface area contributed by atoms with E-state index in [9.17, 15) is 14.0 Å². The number of hydrogen-bond donors (Lipinski definition) is 1. The molecule has 0 spiro atoms. The molecule has 1 fully saturated rings. The largest absolute Gasteiger partial charge is 0.459 e. The van der Waals surface area contributed by atoms with Crippen molar-refractivity contribution in [3.63, 3.8) is 0 Å². The van der Waals surface area contributed by atoms with Gasteiger partial charge < -0.3 is 14.6 Å². The van der Waals surface area contributed by atoms with Crippen LogP contribution in [0.1, 0.15) is 33.2 Å². The Morgan fingerprint density at radius 1 is 1.07 bits per heavy atom. The SMILES string of the molecule is Cc1ccccc1[C@H]1CN(C(=O)c2ccco2)C[C@H]1C(=O)NCc1ccc(F)cc1. The van der Waals surface area contributed by atoms with Gasteiger partial charge >= 0.3 is 0 Å². The van der Waals surface area contributed by atoms with E-state index >= 15 is 0 Å². The van der Waals surface area contributed by atoms with E-state index in [-0.39, 0.29) is 35.2 Å². The molecule has 0 radical (unpaired) electrons. The summed E-state index contributed by atoms with van der Waals surface area (Å²) in [5, 5.41) is 2.95. The van der Waals surface area contributed by atoms with Crippen molar-refractivity contribution >= 4 is 11.8 Å². The molecule has 2 atom stereocenters. The van der Waals surface area contributed by atoms with Crippen LogP contribution in [0.15, 0.2) is 71.3 Å². The van der Waals surface area contributed by atoms with Crippen molar-refractivity contribution in [2.45, 2.75) is 19.4 Å². The number of furan rings is 1. The van der Waals surface area contributed by atoms with E-state index in [2.05, 4.69) is 5.32 Å². The molecule has 154 valence electrons. The Labute approximate surface area is 174 Å². The first-order chi connectivity index (χ1) is 14.5. The molecule has 0 saturated carbocycles. The van der Waals surface area contributed by atoms with Gasteiger partial charge in [-0.25, -0.2) is 4.39 Å². The number of rotatable bonds is 5. The monoisotopic (exact) mass is 406 g/mol. The van der Waals surface area contributed by atoms with Gasteiger partial charge in [0.25, 0.3) is 5.91 Å².